The Balaban J connectivity index is 1.25. The zero-order valence-corrected chi connectivity index (χ0v) is 21.3. The lowest BCUT2D eigenvalue weighted by molar-refractivity contribution is 0.148. The number of fused-ring (bicyclic) bond motifs is 3. The third-order valence-corrected chi connectivity index (χ3v) is 8.00. The number of piperazine rings is 1. The van der Waals surface area contributed by atoms with Crippen molar-refractivity contribution in [2.24, 2.45) is 0 Å². The molecule has 2 unspecified atom stereocenters. The first-order valence-electron chi connectivity index (χ1n) is 13.3. The lowest BCUT2D eigenvalue weighted by atomic mass is 10.0. The molecular weight excluding hydrogens is 452 g/mol. The molecule has 190 valence electrons. The first-order valence-corrected chi connectivity index (χ1v) is 13.3. The highest BCUT2D eigenvalue weighted by Crippen LogP contribution is 2.41. The Hall–Kier alpha value is -2.88. The van der Waals surface area contributed by atoms with Gasteiger partial charge in [0.05, 0.1) is 11.8 Å². The number of piperidine rings is 1. The summed E-state index contributed by atoms with van der Waals surface area (Å²) in [4.78, 5) is 26.3. The van der Waals surface area contributed by atoms with Crippen LogP contribution in [0, 0.1) is 0 Å². The monoisotopic (exact) mass is 488 g/mol. The first-order chi connectivity index (χ1) is 17.5. The molecule has 0 radical (unpaired) electrons. The van der Waals surface area contributed by atoms with E-state index < -0.39 is 6.10 Å². The van der Waals surface area contributed by atoms with Crippen LogP contribution in [0.4, 0.5) is 17.6 Å². The Kier molecular flexibility index (Phi) is 6.45. The zero-order valence-electron chi connectivity index (χ0n) is 21.3. The summed E-state index contributed by atoms with van der Waals surface area (Å²) in [5.41, 5.74) is 2.72. The lowest BCUT2D eigenvalue weighted by Gasteiger charge is -2.36. The van der Waals surface area contributed by atoms with Crippen molar-refractivity contribution in [1.82, 2.24) is 29.7 Å². The van der Waals surface area contributed by atoms with Gasteiger partial charge in [-0.25, -0.2) is 19.9 Å². The fourth-order valence-electron chi connectivity index (χ4n) is 5.93. The highest BCUT2D eigenvalue weighted by Gasteiger charge is 2.38. The summed E-state index contributed by atoms with van der Waals surface area (Å²) in [6, 6.07) is 7.04. The Bertz CT molecular complexity index is 1190. The van der Waals surface area contributed by atoms with Crippen molar-refractivity contribution in [3.05, 3.63) is 41.9 Å². The smallest absolute Gasteiger partial charge is 0.229 e. The minimum Gasteiger partial charge on any atom is -0.387 e. The molecule has 36 heavy (non-hydrogen) atoms. The number of pyridine rings is 2. The summed E-state index contributed by atoms with van der Waals surface area (Å²) in [7, 11) is 2.18. The summed E-state index contributed by atoms with van der Waals surface area (Å²) in [6.07, 6.45) is 9.20. The maximum Gasteiger partial charge on any atom is 0.229 e. The molecule has 0 aliphatic carbocycles. The highest BCUT2D eigenvalue weighted by molar-refractivity contribution is 5.90. The van der Waals surface area contributed by atoms with Crippen LogP contribution in [0.1, 0.15) is 56.4 Å². The van der Waals surface area contributed by atoms with Gasteiger partial charge in [-0.15, -0.1) is 0 Å². The van der Waals surface area contributed by atoms with Crippen molar-refractivity contribution in [2.75, 3.05) is 43.4 Å². The topological polar surface area (TPSA) is 93.5 Å². The van der Waals surface area contributed by atoms with E-state index in [4.69, 9.17) is 9.97 Å². The van der Waals surface area contributed by atoms with Crippen LogP contribution < -0.4 is 10.2 Å². The maximum atomic E-state index is 10.3. The minimum absolute atomic E-state index is 0.504. The molecule has 3 saturated heterocycles. The lowest BCUT2D eigenvalue weighted by Crippen LogP contribution is -2.43. The standard InChI is InChI=1S/C27H36N8O/c1-18(36)23-14-20-16-29-27(32-25(20)26(30-23)35-21-4-3-5-22(35)8-7-21)31-24-9-6-19(15-28-24)17-34-12-10-33(2)11-13-34/h6,9,14-16,18,21-22,36H,3-5,7-8,10-13,17H2,1-2H3,(H,28,29,31,32)/t18-,21?,22?/m1/s1. The van der Waals surface area contributed by atoms with Crippen LogP contribution in [0.5, 0.6) is 0 Å². The zero-order chi connectivity index (χ0) is 24.6. The van der Waals surface area contributed by atoms with Crippen molar-refractivity contribution in [1.29, 1.82) is 0 Å². The number of nitrogens with zero attached hydrogens (tertiary/aromatic N) is 7. The van der Waals surface area contributed by atoms with Crippen molar-refractivity contribution in [2.45, 2.75) is 63.8 Å². The van der Waals surface area contributed by atoms with Crippen LogP contribution in [-0.4, -0.2) is 80.2 Å². The average Bonchev–Trinajstić information content (AvgIpc) is 3.13. The molecular formula is C27H36N8O. The van der Waals surface area contributed by atoms with Crippen molar-refractivity contribution in [3.63, 3.8) is 0 Å². The molecule has 3 aromatic heterocycles. The number of aliphatic hydroxyl groups excluding tert-OH is 1. The van der Waals surface area contributed by atoms with E-state index in [1.165, 1.54) is 37.7 Å². The summed E-state index contributed by atoms with van der Waals surface area (Å²) in [5.74, 6) is 2.13. The van der Waals surface area contributed by atoms with Crippen LogP contribution >= 0.6 is 0 Å². The predicted molar refractivity (Wildman–Crippen MR) is 141 cm³/mol. The molecule has 9 heteroatoms. The van der Waals surface area contributed by atoms with Gasteiger partial charge in [-0.3, -0.25) is 4.90 Å². The van der Waals surface area contributed by atoms with E-state index in [9.17, 15) is 5.11 Å². The van der Waals surface area contributed by atoms with Crippen molar-refractivity contribution < 1.29 is 5.11 Å². The fourth-order valence-corrected chi connectivity index (χ4v) is 5.93. The molecule has 3 aliphatic heterocycles. The van der Waals surface area contributed by atoms with Gasteiger partial charge in [0.1, 0.15) is 11.3 Å². The number of aliphatic hydroxyl groups is 1. The van der Waals surface area contributed by atoms with Gasteiger partial charge in [0.15, 0.2) is 5.82 Å². The molecule has 6 rings (SSSR count). The van der Waals surface area contributed by atoms with Gasteiger partial charge in [0.2, 0.25) is 5.95 Å². The Labute approximate surface area is 212 Å². The Morgan fingerprint density at radius 2 is 1.78 bits per heavy atom. The number of hydrogen-bond acceptors (Lipinski definition) is 9. The van der Waals surface area contributed by atoms with E-state index in [1.807, 2.05) is 24.5 Å². The van der Waals surface area contributed by atoms with E-state index in [1.54, 1.807) is 6.92 Å². The van der Waals surface area contributed by atoms with Crippen LogP contribution in [0.25, 0.3) is 10.9 Å². The first kappa shape index (κ1) is 23.5. The molecule has 6 heterocycles. The minimum atomic E-state index is -0.637. The van der Waals surface area contributed by atoms with Crippen molar-refractivity contribution >= 4 is 28.5 Å². The van der Waals surface area contributed by atoms with Gasteiger partial charge >= 0.3 is 0 Å². The number of nitrogens with one attached hydrogen (secondary N) is 1. The number of aromatic nitrogens is 4. The molecule has 2 bridgehead atoms. The normalized spacial score (nSPS) is 23.8. The summed E-state index contributed by atoms with van der Waals surface area (Å²) in [5, 5.41) is 14.5. The van der Waals surface area contributed by atoms with Gasteiger partial charge in [0, 0.05) is 62.6 Å². The molecule has 0 spiro atoms. The SMILES string of the molecule is C[C@@H](O)c1cc2cnc(Nc3ccc(CN4CCN(C)CC4)cn3)nc2c(N2C3CCCC2CC3)n1. The summed E-state index contributed by atoms with van der Waals surface area (Å²) >= 11 is 0. The summed E-state index contributed by atoms with van der Waals surface area (Å²) < 4.78 is 0. The third-order valence-electron chi connectivity index (χ3n) is 8.00. The second-order valence-electron chi connectivity index (χ2n) is 10.7. The average molecular weight is 489 g/mol. The largest absolute Gasteiger partial charge is 0.387 e. The fraction of sp³-hybridized carbons (Fsp3) is 0.556. The molecule has 2 N–H and O–H groups in total. The van der Waals surface area contributed by atoms with Crippen LogP contribution in [-0.2, 0) is 6.54 Å². The highest BCUT2D eigenvalue weighted by atomic mass is 16.3. The van der Waals surface area contributed by atoms with Crippen LogP contribution in [0.15, 0.2) is 30.6 Å². The van der Waals surface area contributed by atoms with E-state index >= 15 is 0 Å². The molecule has 3 aromatic rings. The molecule has 0 saturated carbocycles. The molecule has 0 aromatic carbocycles. The molecule has 0 amide bonds. The maximum absolute atomic E-state index is 10.3. The number of likely N-dealkylation sites (N-methyl/N-ethyl adjacent to an activating group) is 1. The van der Waals surface area contributed by atoms with Crippen molar-refractivity contribution in [3.8, 4) is 0 Å². The Morgan fingerprint density at radius 1 is 1.00 bits per heavy atom. The van der Waals surface area contributed by atoms with Gasteiger partial charge in [-0.1, -0.05) is 6.07 Å². The quantitative estimate of drug-likeness (QED) is 0.541. The van der Waals surface area contributed by atoms with E-state index in [0.29, 0.717) is 23.7 Å². The van der Waals surface area contributed by atoms with Gasteiger partial charge in [-0.2, -0.15) is 0 Å². The third kappa shape index (κ3) is 4.75. The summed E-state index contributed by atoms with van der Waals surface area (Å²) in [6.45, 7) is 7.09. The molecule has 3 fully saturated rings. The second kappa shape index (κ2) is 9.88. The number of hydrogen-bond donors (Lipinski definition) is 2. The van der Waals surface area contributed by atoms with Gasteiger partial charge < -0.3 is 20.2 Å². The van der Waals surface area contributed by atoms with E-state index in [-0.39, 0.29) is 0 Å². The van der Waals surface area contributed by atoms with Gasteiger partial charge in [0.25, 0.3) is 0 Å². The Morgan fingerprint density at radius 3 is 2.47 bits per heavy atom. The predicted octanol–water partition coefficient (Wildman–Crippen LogP) is 3.49. The van der Waals surface area contributed by atoms with Gasteiger partial charge in [-0.05, 0) is 63.8 Å². The van der Waals surface area contributed by atoms with Crippen LogP contribution in [0.3, 0.4) is 0 Å². The second-order valence-corrected chi connectivity index (χ2v) is 10.7. The van der Waals surface area contributed by atoms with Crippen LogP contribution in [0.2, 0.25) is 0 Å². The number of rotatable bonds is 6. The molecule has 3 aliphatic rings. The number of anilines is 3. The van der Waals surface area contributed by atoms with E-state index in [0.717, 1.165) is 55.3 Å². The molecule has 9 nitrogen and oxygen atoms in total. The van der Waals surface area contributed by atoms with E-state index in [2.05, 4.69) is 43.1 Å². The molecule has 3 atom stereocenters.